The van der Waals surface area contributed by atoms with Gasteiger partial charge >= 0.3 is 5.97 Å². The number of carbonyl (C=O) groups is 2. The smallest absolute Gasteiger partial charge is 0.305 e. The highest BCUT2D eigenvalue weighted by atomic mass is 16.4. The lowest BCUT2D eigenvalue weighted by Crippen LogP contribution is -2.49. The van der Waals surface area contributed by atoms with E-state index in [0.29, 0.717) is 41.8 Å². The molecule has 4 nitrogen and oxygen atoms in total. The second-order valence-electron chi connectivity index (χ2n) is 10.2. The van der Waals surface area contributed by atoms with Crippen LogP contribution >= 0.6 is 0 Å². The molecule has 0 aromatic heterocycles. The summed E-state index contributed by atoms with van der Waals surface area (Å²) >= 11 is 0. The van der Waals surface area contributed by atoms with Crippen molar-refractivity contribution in [2.75, 3.05) is 0 Å². The largest absolute Gasteiger partial charge is 0.481 e. The van der Waals surface area contributed by atoms with Crippen LogP contribution in [-0.2, 0) is 9.59 Å². The second-order valence-corrected chi connectivity index (χ2v) is 10.2. The zero-order chi connectivity index (χ0) is 19.3. The van der Waals surface area contributed by atoms with Gasteiger partial charge in [0.15, 0.2) is 5.78 Å². The van der Waals surface area contributed by atoms with Crippen LogP contribution in [0.1, 0.15) is 71.6 Å². The van der Waals surface area contributed by atoms with Gasteiger partial charge in [0.2, 0.25) is 0 Å². The van der Waals surface area contributed by atoms with E-state index < -0.39 is 12.1 Å². The van der Waals surface area contributed by atoms with Gasteiger partial charge in [0, 0.05) is 6.42 Å². The number of carbonyl (C=O) groups excluding carboxylic acids is 1. The molecule has 0 aromatic rings. The molecule has 1 unspecified atom stereocenters. The molecule has 4 rings (SSSR count). The number of aliphatic hydroxyl groups excluding tert-OH is 1. The van der Waals surface area contributed by atoms with Crippen LogP contribution in [-0.4, -0.2) is 28.1 Å². The Morgan fingerprint density at radius 2 is 2.07 bits per heavy atom. The number of ketones is 1. The van der Waals surface area contributed by atoms with Gasteiger partial charge in [-0.3, -0.25) is 9.59 Å². The molecule has 0 aromatic carbocycles. The zero-order valence-electron chi connectivity index (χ0n) is 16.7. The van der Waals surface area contributed by atoms with E-state index in [9.17, 15) is 14.7 Å². The number of hydrogen-bond acceptors (Lipinski definition) is 3. The number of rotatable bonds is 4. The number of fused-ring (bicyclic) bond motifs is 5. The van der Waals surface area contributed by atoms with Crippen molar-refractivity contribution < 1.29 is 19.8 Å². The van der Waals surface area contributed by atoms with E-state index in [-0.39, 0.29) is 11.8 Å². The van der Waals surface area contributed by atoms with Gasteiger partial charge in [-0.2, -0.15) is 0 Å². The lowest BCUT2D eigenvalue weighted by Gasteiger charge is -2.56. The fourth-order valence-corrected chi connectivity index (χ4v) is 7.70. The molecule has 2 N–H and O–H groups in total. The summed E-state index contributed by atoms with van der Waals surface area (Å²) in [6.07, 6.45) is 9.35. The minimum absolute atomic E-state index is 0.135. The predicted molar refractivity (Wildman–Crippen MR) is 103 cm³/mol. The molecule has 0 saturated heterocycles. The third kappa shape index (κ3) is 3.28. The van der Waals surface area contributed by atoms with Crippen LogP contribution in [0.4, 0.5) is 0 Å². The van der Waals surface area contributed by atoms with Crippen molar-refractivity contribution in [1.29, 1.82) is 0 Å². The molecule has 4 aliphatic carbocycles. The van der Waals surface area contributed by atoms with Gasteiger partial charge in [-0.25, -0.2) is 0 Å². The maximum Gasteiger partial charge on any atom is 0.305 e. The Morgan fingerprint density at radius 1 is 1.30 bits per heavy atom. The highest BCUT2D eigenvalue weighted by Gasteiger charge is 2.57. The number of aliphatic hydroxyl groups is 1. The summed E-state index contributed by atoms with van der Waals surface area (Å²) in [5.41, 5.74) is 1.66. The third-order valence-electron chi connectivity index (χ3n) is 8.80. The van der Waals surface area contributed by atoms with Gasteiger partial charge in [0.05, 0.1) is 12.5 Å². The molecule has 27 heavy (non-hydrogen) atoms. The van der Waals surface area contributed by atoms with Crippen LogP contribution in [0.25, 0.3) is 0 Å². The van der Waals surface area contributed by atoms with E-state index in [2.05, 4.69) is 13.8 Å². The SMILES string of the molecule is C[C@@H]1CC2=CC(=O)CC[C@@H]2[C@H]2CC[C@]3(C)[C@@H](CC(O)CC(=O)O)CC[C@H]3[C@@H]21. The Morgan fingerprint density at radius 3 is 2.81 bits per heavy atom. The first kappa shape index (κ1) is 19.2. The van der Waals surface area contributed by atoms with Crippen molar-refractivity contribution in [2.45, 2.75) is 77.7 Å². The quantitative estimate of drug-likeness (QED) is 0.773. The van der Waals surface area contributed by atoms with Crippen molar-refractivity contribution in [3.8, 4) is 0 Å². The third-order valence-corrected chi connectivity index (χ3v) is 8.80. The number of aliphatic carboxylic acids is 1. The van der Waals surface area contributed by atoms with Crippen LogP contribution in [0.5, 0.6) is 0 Å². The summed E-state index contributed by atoms with van der Waals surface area (Å²) in [4.78, 5) is 22.8. The Labute approximate surface area is 162 Å². The van der Waals surface area contributed by atoms with Crippen LogP contribution in [0.2, 0.25) is 0 Å². The lowest BCUT2D eigenvalue weighted by molar-refractivity contribution is -0.139. The maximum absolute atomic E-state index is 11.9. The maximum atomic E-state index is 11.9. The van der Waals surface area contributed by atoms with E-state index in [4.69, 9.17) is 5.11 Å². The van der Waals surface area contributed by atoms with E-state index in [1.807, 2.05) is 6.08 Å². The van der Waals surface area contributed by atoms with Gasteiger partial charge in [-0.15, -0.1) is 0 Å². The van der Waals surface area contributed by atoms with E-state index in [0.717, 1.165) is 31.6 Å². The van der Waals surface area contributed by atoms with Crippen molar-refractivity contribution >= 4 is 11.8 Å². The molecule has 4 aliphatic rings. The van der Waals surface area contributed by atoms with Crippen LogP contribution < -0.4 is 0 Å². The standard InChI is InChI=1S/C23H34O4/c1-13-9-14-10-16(24)4-5-18(14)19-7-8-23(2)15(3-6-20(23)22(13)19)11-17(25)12-21(26)27/h10,13,15,17-20,22,25H,3-9,11-12H2,1-2H3,(H,26,27)/t13-,15-,17?,18+,19-,20+,22-,23-/m1/s1. The van der Waals surface area contributed by atoms with Crippen molar-refractivity contribution in [1.82, 2.24) is 0 Å². The average Bonchev–Trinajstić information content (AvgIpc) is 2.90. The van der Waals surface area contributed by atoms with Crippen LogP contribution in [0.3, 0.4) is 0 Å². The lowest BCUT2D eigenvalue weighted by atomic mass is 9.48. The molecule has 3 saturated carbocycles. The highest BCUT2D eigenvalue weighted by Crippen LogP contribution is 2.65. The number of carboxylic acid groups (broad SMARTS) is 1. The average molecular weight is 375 g/mol. The number of hydrogen-bond donors (Lipinski definition) is 2. The fourth-order valence-electron chi connectivity index (χ4n) is 7.70. The van der Waals surface area contributed by atoms with Crippen molar-refractivity contribution in [3.05, 3.63) is 11.6 Å². The van der Waals surface area contributed by atoms with E-state index >= 15 is 0 Å². The number of allylic oxidation sites excluding steroid dienone is 1. The van der Waals surface area contributed by atoms with Gasteiger partial charge in [-0.05, 0) is 91.9 Å². The molecule has 0 spiro atoms. The molecular weight excluding hydrogens is 340 g/mol. The minimum Gasteiger partial charge on any atom is -0.481 e. The molecule has 3 fully saturated rings. The van der Waals surface area contributed by atoms with E-state index in [1.54, 1.807) is 0 Å². The Balaban J connectivity index is 1.53. The monoisotopic (exact) mass is 374 g/mol. The summed E-state index contributed by atoms with van der Waals surface area (Å²) in [6, 6.07) is 0. The van der Waals surface area contributed by atoms with Gasteiger partial charge in [-0.1, -0.05) is 19.4 Å². The molecule has 0 amide bonds. The Hall–Kier alpha value is -1.16. The molecule has 150 valence electrons. The fraction of sp³-hybridized carbons (Fsp3) is 0.826. The van der Waals surface area contributed by atoms with Gasteiger partial charge in [0.1, 0.15) is 0 Å². The molecule has 0 bridgehead atoms. The van der Waals surface area contributed by atoms with Crippen LogP contribution in [0, 0.1) is 40.9 Å². The first-order valence-corrected chi connectivity index (χ1v) is 10.9. The first-order valence-electron chi connectivity index (χ1n) is 10.9. The van der Waals surface area contributed by atoms with Gasteiger partial charge in [0.25, 0.3) is 0 Å². The normalized spacial score (nSPS) is 44.7. The summed E-state index contributed by atoms with van der Waals surface area (Å²) in [7, 11) is 0. The van der Waals surface area contributed by atoms with Crippen LogP contribution in [0.15, 0.2) is 11.6 Å². The minimum atomic E-state index is -0.905. The molecule has 4 heteroatoms. The molecule has 0 heterocycles. The molecule has 0 aliphatic heterocycles. The van der Waals surface area contributed by atoms with E-state index in [1.165, 1.54) is 24.8 Å². The molecular formula is C23H34O4. The van der Waals surface area contributed by atoms with Crippen molar-refractivity contribution in [3.63, 3.8) is 0 Å². The van der Waals surface area contributed by atoms with Crippen molar-refractivity contribution in [2.24, 2.45) is 40.9 Å². The molecule has 0 radical (unpaired) electrons. The predicted octanol–water partition coefficient (Wildman–Crippen LogP) is 4.22. The number of carboxylic acids is 1. The summed E-state index contributed by atoms with van der Waals surface area (Å²) in [6.45, 7) is 4.80. The first-order chi connectivity index (χ1) is 12.8. The Bertz CT molecular complexity index is 653. The summed E-state index contributed by atoms with van der Waals surface area (Å²) < 4.78 is 0. The zero-order valence-corrected chi connectivity index (χ0v) is 16.7. The Kier molecular flexibility index (Phi) is 4.99. The summed E-state index contributed by atoms with van der Waals surface area (Å²) in [5.74, 6) is 3.22. The topological polar surface area (TPSA) is 74.6 Å². The van der Waals surface area contributed by atoms with Gasteiger partial charge < -0.3 is 10.2 Å². The molecule has 8 atom stereocenters. The second kappa shape index (κ2) is 7.02. The highest BCUT2D eigenvalue weighted by molar-refractivity contribution is 5.91. The summed E-state index contributed by atoms with van der Waals surface area (Å²) in [5, 5.41) is 19.2.